The molecule has 1 unspecified atom stereocenters. The van der Waals surface area contributed by atoms with E-state index in [1.165, 1.54) is 7.11 Å². The Kier molecular flexibility index (Phi) is 6.04. The minimum absolute atomic E-state index is 0.0358. The van der Waals surface area contributed by atoms with Gasteiger partial charge in [-0.05, 0) is 62.6 Å². The second-order valence-electron chi connectivity index (χ2n) is 8.03. The Morgan fingerprint density at radius 3 is 2.61 bits per heavy atom. The fraction of sp³-hybridized carbons (Fsp3) is 0.375. The van der Waals surface area contributed by atoms with Gasteiger partial charge in [0.05, 0.1) is 0 Å². The van der Waals surface area contributed by atoms with Gasteiger partial charge in [-0.1, -0.05) is 12.1 Å². The molecule has 7 heteroatoms. The van der Waals surface area contributed by atoms with Crippen LogP contribution in [0.5, 0.6) is 0 Å². The first-order chi connectivity index (χ1) is 15.0. The SMILES string of the molecule is COC(C)C(=O)N[C@H]1CC[C@@H](N(C)C(=O)c2ccc(-c3nc4ccccc4o3)cc2)C1. The monoisotopic (exact) mass is 421 g/mol. The van der Waals surface area contributed by atoms with Crippen molar-refractivity contribution in [1.29, 1.82) is 0 Å². The highest BCUT2D eigenvalue weighted by atomic mass is 16.5. The van der Waals surface area contributed by atoms with Gasteiger partial charge in [0.1, 0.15) is 11.6 Å². The van der Waals surface area contributed by atoms with Gasteiger partial charge in [0.15, 0.2) is 5.58 Å². The zero-order valence-electron chi connectivity index (χ0n) is 18.0. The summed E-state index contributed by atoms with van der Waals surface area (Å²) in [6, 6.07) is 15.1. The van der Waals surface area contributed by atoms with Crippen molar-refractivity contribution < 1.29 is 18.7 Å². The van der Waals surface area contributed by atoms with Gasteiger partial charge in [-0.25, -0.2) is 4.98 Å². The molecule has 1 fully saturated rings. The van der Waals surface area contributed by atoms with Crippen LogP contribution in [0.15, 0.2) is 52.9 Å². The average molecular weight is 421 g/mol. The first-order valence-corrected chi connectivity index (χ1v) is 10.5. The Bertz CT molecular complexity index is 1040. The van der Waals surface area contributed by atoms with E-state index in [2.05, 4.69) is 10.3 Å². The van der Waals surface area contributed by atoms with Crippen molar-refractivity contribution in [2.75, 3.05) is 14.2 Å². The van der Waals surface area contributed by atoms with Crippen molar-refractivity contribution in [3.05, 3.63) is 54.1 Å². The van der Waals surface area contributed by atoms with Crippen molar-refractivity contribution in [1.82, 2.24) is 15.2 Å². The van der Waals surface area contributed by atoms with E-state index in [0.29, 0.717) is 11.5 Å². The van der Waals surface area contributed by atoms with Crippen LogP contribution in [0.25, 0.3) is 22.6 Å². The largest absolute Gasteiger partial charge is 0.436 e. The Morgan fingerprint density at radius 2 is 1.90 bits per heavy atom. The number of nitrogens with one attached hydrogen (secondary N) is 1. The highest BCUT2D eigenvalue weighted by Gasteiger charge is 2.31. The summed E-state index contributed by atoms with van der Waals surface area (Å²) in [5.41, 5.74) is 2.98. The Morgan fingerprint density at radius 1 is 1.16 bits per heavy atom. The van der Waals surface area contributed by atoms with E-state index in [-0.39, 0.29) is 23.9 Å². The summed E-state index contributed by atoms with van der Waals surface area (Å²) < 4.78 is 10.9. The Hall–Kier alpha value is -3.19. The number of rotatable bonds is 6. The average Bonchev–Trinajstić information content (AvgIpc) is 3.44. The molecule has 0 radical (unpaired) electrons. The van der Waals surface area contributed by atoms with E-state index in [1.807, 2.05) is 43.4 Å². The maximum Gasteiger partial charge on any atom is 0.253 e. The first-order valence-electron chi connectivity index (χ1n) is 10.5. The van der Waals surface area contributed by atoms with Crippen molar-refractivity contribution in [3.8, 4) is 11.5 Å². The van der Waals surface area contributed by atoms with Crippen LogP contribution >= 0.6 is 0 Å². The molecule has 7 nitrogen and oxygen atoms in total. The lowest BCUT2D eigenvalue weighted by Gasteiger charge is -2.25. The summed E-state index contributed by atoms with van der Waals surface area (Å²) >= 11 is 0. The molecule has 0 saturated heterocycles. The molecule has 4 rings (SSSR count). The van der Waals surface area contributed by atoms with E-state index < -0.39 is 6.10 Å². The first kappa shape index (κ1) is 21.1. The molecule has 31 heavy (non-hydrogen) atoms. The third kappa shape index (κ3) is 4.46. The van der Waals surface area contributed by atoms with E-state index in [1.54, 1.807) is 24.0 Å². The van der Waals surface area contributed by atoms with Crippen LogP contribution in [-0.2, 0) is 9.53 Å². The molecule has 1 aliphatic carbocycles. The minimum Gasteiger partial charge on any atom is -0.436 e. The number of fused-ring (bicyclic) bond motifs is 1. The van der Waals surface area contributed by atoms with Crippen LogP contribution in [0, 0.1) is 0 Å². The molecule has 0 aliphatic heterocycles. The highest BCUT2D eigenvalue weighted by molar-refractivity contribution is 5.94. The van der Waals surface area contributed by atoms with Gasteiger partial charge < -0.3 is 19.4 Å². The van der Waals surface area contributed by atoms with E-state index in [0.717, 1.165) is 35.9 Å². The minimum atomic E-state index is -0.474. The summed E-state index contributed by atoms with van der Waals surface area (Å²) in [7, 11) is 3.34. The lowest BCUT2D eigenvalue weighted by Crippen LogP contribution is -2.41. The van der Waals surface area contributed by atoms with Crippen LogP contribution < -0.4 is 5.32 Å². The van der Waals surface area contributed by atoms with Crippen molar-refractivity contribution in [3.63, 3.8) is 0 Å². The van der Waals surface area contributed by atoms with E-state index in [9.17, 15) is 9.59 Å². The molecule has 3 aromatic rings. The van der Waals surface area contributed by atoms with Crippen LogP contribution in [0.3, 0.4) is 0 Å². The molecular formula is C24H27N3O4. The summed E-state index contributed by atoms with van der Waals surface area (Å²) in [4.78, 5) is 31.3. The second-order valence-corrected chi connectivity index (χ2v) is 8.03. The number of oxazole rings is 1. The number of para-hydroxylation sites is 2. The van der Waals surface area contributed by atoms with Gasteiger partial charge in [-0.15, -0.1) is 0 Å². The van der Waals surface area contributed by atoms with Crippen LogP contribution in [0.2, 0.25) is 0 Å². The maximum atomic E-state index is 13.0. The van der Waals surface area contributed by atoms with Crippen LogP contribution in [0.4, 0.5) is 0 Å². The Balaban J connectivity index is 1.39. The molecule has 1 saturated carbocycles. The molecule has 2 aromatic carbocycles. The molecule has 1 aliphatic rings. The van der Waals surface area contributed by atoms with Crippen LogP contribution in [0.1, 0.15) is 36.5 Å². The van der Waals surface area contributed by atoms with Gasteiger partial charge in [-0.2, -0.15) is 0 Å². The van der Waals surface area contributed by atoms with Gasteiger partial charge >= 0.3 is 0 Å². The fourth-order valence-corrected chi connectivity index (χ4v) is 3.99. The standard InChI is InChI=1S/C24H27N3O4/c1-15(30-3)22(28)25-18-12-13-19(14-18)27(2)24(29)17-10-8-16(9-11-17)23-26-20-6-4-5-7-21(20)31-23/h4-11,15,18-19H,12-14H2,1-3H3,(H,25,28)/t15?,18-,19+/m0/s1. The number of amides is 2. The number of hydrogen-bond acceptors (Lipinski definition) is 5. The number of ether oxygens (including phenoxy) is 1. The molecule has 0 bridgehead atoms. The third-order valence-corrected chi connectivity index (χ3v) is 6.01. The maximum absolute atomic E-state index is 13.0. The molecule has 1 heterocycles. The number of hydrogen-bond donors (Lipinski definition) is 1. The van der Waals surface area contributed by atoms with Crippen LogP contribution in [-0.4, -0.2) is 54.0 Å². The number of methoxy groups -OCH3 is 1. The van der Waals surface area contributed by atoms with E-state index >= 15 is 0 Å². The fourth-order valence-electron chi connectivity index (χ4n) is 3.99. The predicted octanol–water partition coefficient (Wildman–Crippen LogP) is 3.64. The molecule has 1 aromatic heterocycles. The molecular weight excluding hydrogens is 394 g/mol. The topological polar surface area (TPSA) is 84.7 Å². The molecule has 2 amide bonds. The zero-order chi connectivity index (χ0) is 22.0. The molecule has 1 N–H and O–H groups in total. The summed E-state index contributed by atoms with van der Waals surface area (Å²) in [5, 5.41) is 3.01. The zero-order valence-corrected chi connectivity index (χ0v) is 18.0. The van der Waals surface area contributed by atoms with Gasteiger partial charge in [0, 0.05) is 37.4 Å². The van der Waals surface area contributed by atoms with Gasteiger partial charge in [-0.3, -0.25) is 9.59 Å². The number of carbonyl (C=O) groups is 2. The molecule has 3 atom stereocenters. The van der Waals surface area contributed by atoms with Crippen molar-refractivity contribution in [2.45, 2.75) is 44.4 Å². The summed E-state index contributed by atoms with van der Waals surface area (Å²) in [5.74, 6) is 0.386. The summed E-state index contributed by atoms with van der Waals surface area (Å²) in [6.45, 7) is 1.72. The molecule has 162 valence electrons. The Labute approximate surface area is 181 Å². The van der Waals surface area contributed by atoms with Crippen molar-refractivity contribution >= 4 is 22.9 Å². The number of aromatic nitrogens is 1. The molecule has 0 spiro atoms. The number of benzene rings is 2. The van der Waals surface area contributed by atoms with Gasteiger partial charge in [0.2, 0.25) is 11.8 Å². The number of nitrogens with zero attached hydrogens (tertiary/aromatic N) is 2. The quantitative estimate of drug-likeness (QED) is 0.657. The number of carbonyl (C=O) groups excluding carboxylic acids is 2. The van der Waals surface area contributed by atoms with Crippen molar-refractivity contribution in [2.24, 2.45) is 0 Å². The van der Waals surface area contributed by atoms with Gasteiger partial charge in [0.25, 0.3) is 5.91 Å². The smallest absolute Gasteiger partial charge is 0.253 e. The lowest BCUT2D eigenvalue weighted by molar-refractivity contribution is -0.130. The summed E-state index contributed by atoms with van der Waals surface area (Å²) in [6.07, 6.45) is 1.97. The lowest BCUT2D eigenvalue weighted by atomic mass is 10.1. The van der Waals surface area contributed by atoms with E-state index in [4.69, 9.17) is 9.15 Å². The third-order valence-electron chi connectivity index (χ3n) is 6.01. The highest BCUT2D eigenvalue weighted by Crippen LogP contribution is 2.27. The predicted molar refractivity (Wildman–Crippen MR) is 118 cm³/mol. The second kappa shape index (κ2) is 8.89. The normalized spacial score (nSPS) is 19.3.